The second-order valence-corrected chi connectivity index (χ2v) is 5.50. The van der Waals surface area contributed by atoms with E-state index in [0.29, 0.717) is 16.7 Å². The quantitative estimate of drug-likeness (QED) is 0.632. The Morgan fingerprint density at radius 1 is 1.33 bits per heavy atom. The summed E-state index contributed by atoms with van der Waals surface area (Å²) in [7, 11) is 1.38. The molecule has 3 nitrogen and oxygen atoms in total. The van der Waals surface area contributed by atoms with Gasteiger partial charge in [-0.15, -0.1) is 11.6 Å². The normalized spacial score (nSPS) is 16.9. The smallest absolute Gasteiger partial charge is 0.281 e. The van der Waals surface area contributed by atoms with Crippen LogP contribution in [0.25, 0.3) is 0 Å². The van der Waals surface area contributed by atoms with E-state index in [-0.39, 0.29) is 18.7 Å². The molecule has 1 aliphatic rings. The van der Waals surface area contributed by atoms with E-state index in [1.54, 1.807) is 12.1 Å². The number of rotatable bonds is 3. The molecule has 0 aliphatic carbocycles. The van der Waals surface area contributed by atoms with Gasteiger partial charge in [0.15, 0.2) is 0 Å². The largest absolute Gasteiger partial charge is 0.389 e. The monoisotopic (exact) mass is 319 g/mol. The number of hydrogen-bond acceptors (Lipinski definition) is 2. The molecular formula is C14H13ClF3NO2. The zero-order valence-electron chi connectivity index (χ0n) is 11.2. The van der Waals surface area contributed by atoms with Crippen molar-refractivity contribution in [2.45, 2.75) is 30.8 Å². The molecule has 0 N–H and O–H groups in total. The minimum atomic E-state index is -4.26. The molecule has 1 aromatic rings. The molecule has 0 spiro atoms. The predicted octanol–water partition coefficient (Wildman–Crippen LogP) is 3.46. The van der Waals surface area contributed by atoms with Crippen molar-refractivity contribution in [3.63, 3.8) is 0 Å². The molecule has 0 saturated carbocycles. The Balaban J connectivity index is 2.21. The molecule has 1 atom stereocenters. The van der Waals surface area contributed by atoms with Crippen LogP contribution in [0.5, 0.6) is 0 Å². The highest BCUT2D eigenvalue weighted by Crippen LogP contribution is 2.33. The maximum atomic E-state index is 12.2. The summed E-state index contributed by atoms with van der Waals surface area (Å²) in [5.41, 5.74) is 1.36. The van der Waals surface area contributed by atoms with E-state index in [2.05, 4.69) is 0 Å². The highest BCUT2D eigenvalue weighted by atomic mass is 35.5. The third-order valence-electron chi connectivity index (χ3n) is 3.43. The summed E-state index contributed by atoms with van der Waals surface area (Å²) in [5.74, 6) is -0.762. The zero-order valence-corrected chi connectivity index (χ0v) is 12.0. The first-order valence-corrected chi connectivity index (χ1v) is 6.77. The third kappa shape index (κ3) is 3.56. The van der Waals surface area contributed by atoms with Gasteiger partial charge in [-0.2, -0.15) is 13.2 Å². The summed E-state index contributed by atoms with van der Waals surface area (Å²) < 4.78 is 36.6. The van der Waals surface area contributed by atoms with E-state index < -0.39 is 23.9 Å². The van der Waals surface area contributed by atoms with Crippen LogP contribution in [0.1, 0.15) is 39.7 Å². The van der Waals surface area contributed by atoms with E-state index in [4.69, 9.17) is 11.6 Å². The van der Waals surface area contributed by atoms with Gasteiger partial charge in [-0.3, -0.25) is 14.5 Å². The number of hydrogen-bond donors (Lipinski definition) is 0. The lowest BCUT2D eigenvalue weighted by Gasteiger charge is -2.24. The van der Waals surface area contributed by atoms with E-state index in [1.807, 2.05) is 0 Å². The lowest BCUT2D eigenvalue weighted by Crippen LogP contribution is -2.39. The van der Waals surface area contributed by atoms with Crippen LogP contribution < -0.4 is 0 Å². The molecule has 0 saturated heterocycles. The van der Waals surface area contributed by atoms with Gasteiger partial charge in [0.05, 0.1) is 11.8 Å². The first-order valence-electron chi connectivity index (χ1n) is 6.33. The fourth-order valence-electron chi connectivity index (χ4n) is 2.17. The number of fused-ring (bicyclic) bond motifs is 1. The first kappa shape index (κ1) is 15.8. The Morgan fingerprint density at radius 3 is 2.62 bits per heavy atom. The van der Waals surface area contributed by atoms with Gasteiger partial charge < -0.3 is 0 Å². The summed E-state index contributed by atoms with van der Waals surface area (Å²) in [5, 5.41) is -0.826. The number of imide groups is 1. The number of alkyl halides is 4. The minimum absolute atomic E-state index is 0.105. The van der Waals surface area contributed by atoms with Crippen LogP contribution in [0.2, 0.25) is 0 Å². The number of nitrogens with zero attached hydrogens (tertiary/aromatic N) is 1. The van der Waals surface area contributed by atoms with Gasteiger partial charge in [-0.05, 0) is 23.6 Å². The second-order valence-electron chi connectivity index (χ2n) is 4.97. The number of amides is 2. The highest BCUT2D eigenvalue weighted by Gasteiger charge is 2.30. The predicted molar refractivity (Wildman–Crippen MR) is 71.1 cm³/mol. The van der Waals surface area contributed by atoms with Gasteiger partial charge in [0, 0.05) is 19.0 Å². The molecule has 2 amide bonds. The molecular weight excluding hydrogens is 307 g/mol. The molecule has 21 heavy (non-hydrogen) atoms. The fourth-order valence-corrected chi connectivity index (χ4v) is 2.42. The molecule has 2 rings (SSSR count). The standard InChI is InChI=1S/C14H13ClF3NO2/c1-19-12(20)7-8-2-3-9(6-10(8)13(19)21)11(15)4-5-14(16,17)18/h2-3,6,11H,4-5,7H2,1H3. The SMILES string of the molecule is CN1C(=O)Cc2ccc(C(Cl)CCC(F)(F)F)cc2C1=O. The summed E-state index contributed by atoms with van der Waals surface area (Å²) in [6.07, 6.45) is -5.39. The Morgan fingerprint density at radius 2 is 2.00 bits per heavy atom. The molecule has 1 heterocycles. The molecule has 1 unspecified atom stereocenters. The Bertz CT molecular complexity index is 586. The third-order valence-corrected chi connectivity index (χ3v) is 3.90. The fraction of sp³-hybridized carbons (Fsp3) is 0.429. The maximum Gasteiger partial charge on any atom is 0.389 e. The van der Waals surface area contributed by atoms with Crippen molar-refractivity contribution in [1.29, 1.82) is 0 Å². The summed E-state index contributed by atoms with van der Waals surface area (Å²) in [4.78, 5) is 24.6. The second kappa shape index (κ2) is 5.67. The van der Waals surface area contributed by atoms with Crippen LogP contribution in [0.3, 0.4) is 0 Å². The van der Waals surface area contributed by atoms with Crippen molar-refractivity contribution in [3.8, 4) is 0 Å². The van der Waals surface area contributed by atoms with Crippen LogP contribution in [0.4, 0.5) is 13.2 Å². The highest BCUT2D eigenvalue weighted by molar-refractivity contribution is 6.21. The first-order chi connectivity index (χ1) is 9.69. The Kier molecular flexibility index (Phi) is 4.27. The van der Waals surface area contributed by atoms with Crippen molar-refractivity contribution in [2.75, 3.05) is 7.05 Å². The van der Waals surface area contributed by atoms with Gasteiger partial charge in [-0.25, -0.2) is 0 Å². The van der Waals surface area contributed by atoms with Gasteiger partial charge >= 0.3 is 6.18 Å². The molecule has 1 aliphatic heterocycles. The Labute approximate surface area is 124 Å². The molecule has 0 aromatic heterocycles. The van der Waals surface area contributed by atoms with Gasteiger partial charge in [0.25, 0.3) is 5.91 Å². The lowest BCUT2D eigenvalue weighted by molar-refractivity contribution is -0.135. The number of carbonyl (C=O) groups is 2. The van der Waals surface area contributed by atoms with E-state index in [1.165, 1.54) is 13.1 Å². The summed E-state index contributed by atoms with van der Waals surface area (Å²) in [6, 6.07) is 4.63. The van der Waals surface area contributed by atoms with Crippen molar-refractivity contribution in [2.24, 2.45) is 0 Å². The molecule has 114 valence electrons. The van der Waals surface area contributed by atoms with Crippen molar-refractivity contribution >= 4 is 23.4 Å². The zero-order chi connectivity index (χ0) is 15.8. The molecule has 7 heteroatoms. The van der Waals surface area contributed by atoms with E-state index >= 15 is 0 Å². The van der Waals surface area contributed by atoms with Crippen molar-refractivity contribution < 1.29 is 22.8 Å². The van der Waals surface area contributed by atoms with Crippen molar-refractivity contribution in [1.82, 2.24) is 4.90 Å². The molecule has 1 aromatic carbocycles. The number of halogens is 4. The molecule has 0 fully saturated rings. The van der Waals surface area contributed by atoms with E-state index in [0.717, 1.165) is 4.90 Å². The van der Waals surface area contributed by atoms with Crippen LogP contribution in [0, 0.1) is 0 Å². The number of benzene rings is 1. The van der Waals surface area contributed by atoms with Crippen LogP contribution in [-0.4, -0.2) is 29.9 Å². The van der Waals surface area contributed by atoms with Crippen LogP contribution >= 0.6 is 11.6 Å². The summed E-state index contributed by atoms with van der Waals surface area (Å²) in [6.45, 7) is 0. The topological polar surface area (TPSA) is 37.4 Å². The number of likely N-dealkylation sites (N-methyl/N-ethyl adjacent to an activating group) is 1. The van der Waals surface area contributed by atoms with E-state index in [9.17, 15) is 22.8 Å². The van der Waals surface area contributed by atoms with Crippen molar-refractivity contribution in [3.05, 3.63) is 34.9 Å². The van der Waals surface area contributed by atoms with Crippen LogP contribution in [0.15, 0.2) is 18.2 Å². The average molecular weight is 320 g/mol. The van der Waals surface area contributed by atoms with Crippen LogP contribution in [-0.2, 0) is 11.2 Å². The van der Waals surface area contributed by atoms with Gasteiger partial charge in [0.2, 0.25) is 5.91 Å². The lowest BCUT2D eigenvalue weighted by atomic mass is 9.94. The summed E-state index contributed by atoms with van der Waals surface area (Å²) >= 11 is 5.98. The maximum absolute atomic E-state index is 12.2. The Hall–Kier alpha value is -1.56. The van der Waals surface area contributed by atoms with Gasteiger partial charge in [0.1, 0.15) is 0 Å². The molecule has 0 bridgehead atoms. The minimum Gasteiger partial charge on any atom is -0.281 e. The average Bonchev–Trinajstić information content (AvgIpc) is 2.41. The number of carbonyl (C=O) groups excluding carboxylic acids is 2. The molecule has 0 radical (unpaired) electrons. The van der Waals surface area contributed by atoms with Gasteiger partial charge in [-0.1, -0.05) is 12.1 Å².